The number of nitrogens with one attached hydrogen (secondary N) is 1. The predicted molar refractivity (Wildman–Crippen MR) is 55.3 cm³/mol. The van der Waals surface area contributed by atoms with Crippen molar-refractivity contribution in [2.75, 3.05) is 0 Å². The van der Waals surface area contributed by atoms with Gasteiger partial charge in [-0.1, -0.05) is 11.6 Å². The van der Waals surface area contributed by atoms with Gasteiger partial charge in [-0.15, -0.1) is 0 Å². The van der Waals surface area contributed by atoms with Crippen molar-refractivity contribution in [3.05, 3.63) is 51.8 Å². The van der Waals surface area contributed by atoms with E-state index in [1.165, 1.54) is 24.4 Å². The van der Waals surface area contributed by atoms with Crippen LogP contribution in [0.2, 0.25) is 5.02 Å². The molecule has 0 atom stereocenters. The van der Waals surface area contributed by atoms with Crippen LogP contribution >= 0.6 is 11.6 Å². The van der Waals surface area contributed by atoms with Gasteiger partial charge in [-0.2, -0.15) is 0 Å². The molecule has 0 bridgehead atoms. The first-order chi connectivity index (χ1) is 7.16. The summed E-state index contributed by atoms with van der Waals surface area (Å²) in [5.41, 5.74) is 0.809. The van der Waals surface area contributed by atoms with Gasteiger partial charge in [-0.05, 0) is 18.2 Å². The van der Waals surface area contributed by atoms with Crippen LogP contribution in [0.3, 0.4) is 0 Å². The number of halogens is 2. The highest BCUT2D eigenvalue weighted by Gasteiger charge is 2.03. The highest BCUT2D eigenvalue weighted by molar-refractivity contribution is 6.31. The minimum absolute atomic E-state index is 0.0113. The van der Waals surface area contributed by atoms with Crippen LogP contribution in [0.25, 0.3) is 11.3 Å². The summed E-state index contributed by atoms with van der Waals surface area (Å²) in [6.07, 6.45) is 2.64. The van der Waals surface area contributed by atoms with E-state index in [1.807, 2.05) is 0 Å². The van der Waals surface area contributed by atoms with Crippen molar-refractivity contribution in [3.63, 3.8) is 0 Å². The summed E-state index contributed by atoms with van der Waals surface area (Å²) in [7, 11) is 0. The van der Waals surface area contributed by atoms with E-state index in [0.717, 1.165) is 6.20 Å². The van der Waals surface area contributed by atoms with Crippen molar-refractivity contribution >= 4 is 11.6 Å². The molecule has 3 nitrogen and oxygen atoms in total. The maximum absolute atomic E-state index is 12.9. The lowest BCUT2D eigenvalue weighted by molar-refractivity contribution is 0.628. The van der Waals surface area contributed by atoms with E-state index in [2.05, 4.69) is 9.97 Å². The Morgan fingerprint density at radius 3 is 2.80 bits per heavy atom. The molecule has 0 fully saturated rings. The smallest absolute Gasteiger partial charge is 0.266 e. The van der Waals surface area contributed by atoms with E-state index in [4.69, 9.17) is 11.6 Å². The second kappa shape index (κ2) is 3.82. The Bertz CT molecular complexity index is 553. The van der Waals surface area contributed by atoms with Crippen LogP contribution in [0.15, 0.2) is 35.4 Å². The Hall–Kier alpha value is -1.68. The Kier molecular flexibility index (Phi) is 2.51. The van der Waals surface area contributed by atoms with Crippen LogP contribution < -0.4 is 5.56 Å². The second-order valence-corrected chi connectivity index (χ2v) is 3.35. The van der Waals surface area contributed by atoms with E-state index < -0.39 is 5.82 Å². The van der Waals surface area contributed by atoms with E-state index in [1.54, 1.807) is 0 Å². The average molecular weight is 225 g/mol. The van der Waals surface area contributed by atoms with Crippen LogP contribution in [-0.4, -0.2) is 9.97 Å². The Labute approximate surface area is 89.6 Å². The van der Waals surface area contributed by atoms with Crippen molar-refractivity contribution in [1.82, 2.24) is 9.97 Å². The Morgan fingerprint density at radius 1 is 1.33 bits per heavy atom. The number of hydrogen-bond donors (Lipinski definition) is 1. The fourth-order valence-electron chi connectivity index (χ4n) is 1.19. The van der Waals surface area contributed by atoms with Crippen molar-refractivity contribution in [3.8, 4) is 11.3 Å². The molecular formula is C10H6ClFN2O. The first-order valence-corrected chi connectivity index (χ1v) is 4.54. The van der Waals surface area contributed by atoms with Crippen molar-refractivity contribution in [2.45, 2.75) is 0 Å². The number of hydrogen-bond acceptors (Lipinski definition) is 2. The quantitative estimate of drug-likeness (QED) is 0.808. The van der Waals surface area contributed by atoms with Crippen LogP contribution in [0, 0.1) is 5.82 Å². The van der Waals surface area contributed by atoms with Gasteiger partial charge < -0.3 is 4.98 Å². The zero-order chi connectivity index (χ0) is 10.8. The lowest BCUT2D eigenvalue weighted by Crippen LogP contribution is -2.05. The summed E-state index contributed by atoms with van der Waals surface area (Å²) in [5, 5.41) is 0.0113. The molecule has 0 spiro atoms. The van der Waals surface area contributed by atoms with Crippen molar-refractivity contribution in [1.29, 1.82) is 0 Å². The number of aromatic nitrogens is 2. The molecule has 0 saturated heterocycles. The number of benzene rings is 1. The molecule has 1 heterocycles. The number of H-pyrrole nitrogens is 1. The van der Waals surface area contributed by atoms with Gasteiger partial charge in [-0.3, -0.25) is 9.78 Å². The molecule has 0 saturated carbocycles. The average Bonchev–Trinajstić information content (AvgIpc) is 2.22. The maximum atomic E-state index is 12.9. The molecule has 76 valence electrons. The number of nitrogens with zero attached hydrogens (tertiary/aromatic N) is 1. The zero-order valence-corrected chi connectivity index (χ0v) is 8.25. The van der Waals surface area contributed by atoms with Crippen LogP contribution in [-0.2, 0) is 0 Å². The van der Waals surface area contributed by atoms with Gasteiger partial charge in [0, 0.05) is 5.56 Å². The molecule has 1 N–H and O–H groups in total. The largest absolute Gasteiger partial charge is 0.319 e. The summed E-state index contributed by atoms with van der Waals surface area (Å²) in [6.45, 7) is 0. The fraction of sp³-hybridized carbons (Fsp3) is 0. The highest BCUT2D eigenvalue weighted by Crippen LogP contribution is 2.22. The molecule has 0 unspecified atom stereocenters. The molecule has 0 amide bonds. The van der Waals surface area contributed by atoms with Crippen molar-refractivity contribution in [2.24, 2.45) is 0 Å². The molecule has 15 heavy (non-hydrogen) atoms. The van der Waals surface area contributed by atoms with Gasteiger partial charge in [0.1, 0.15) is 5.82 Å². The van der Waals surface area contributed by atoms with E-state index >= 15 is 0 Å². The van der Waals surface area contributed by atoms with Gasteiger partial charge in [0.05, 0.1) is 23.1 Å². The molecule has 1 aromatic heterocycles. The van der Waals surface area contributed by atoms with Crippen molar-refractivity contribution < 1.29 is 4.39 Å². The first-order valence-electron chi connectivity index (χ1n) is 4.16. The van der Waals surface area contributed by atoms with Gasteiger partial charge in [-0.25, -0.2) is 4.39 Å². The number of rotatable bonds is 1. The first kappa shape index (κ1) is 9.86. The fourth-order valence-corrected chi connectivity index (χ4v) is 1.37. The standard InChI is InChI=1S/C10H6ClFN2O/c11-7-3-6(1-2-8(7)12)9-4-13-5-10(15)14-9/h1-5H,(H,14,15). The summed E-state index contributed by atoms with van der Waals surface area (Å²) in [5.74, 6) is -0.494. The monoisotopic (exact) mass is 224 g/mol. The Morgan fingerprint density at radius 2 is 2.13 bits per heavy atom. The van der Waals surface area contributed by atoms with Gasteiger partial charge >= 0.3 is 0 Å². The minimum Gasteiger partial charge on any atom is -0.319 e. The second-order valence-electron chi connectivity index (χ2n) is 2.94. The molecule has 0 aliphatic rings. The van der Waals surface area contributed by atoms with Gasteiger partial charge in [0.15, 0.2) is 0 Å². The maximum Gasteiger partial charge on any atom is 0.266 e. The molecule has 2 rings (SSSR count). The molecule has 0 aliphatic carbocycles. The Balaban J connectivity index is 2.55. The van der Waals surface area contributed by atoms with Crippen LogP contribution in [0.1, 0.15) is 0 Å². The summed E-state index contributed by atoms with van der Waals surface area (Å²) in [4.78, 5) is 17.3. The molecular weight excluding hydrogens is 219 g/mol. The lowest BCUT2D eigenvalue weighted by atomic mass is 10.1. The highest BCUT2D eigenvalue weighted by atomic mass is 35.5. The predicted octanol–water partition coefficient (Wildman–Crippen LogP) is 2.23. The normalized spacial score (nSPS) is 10.3. The lowest BCUT2D eigenvalue weighted by Gasteiger charge is -2.01. The topological polar surface area (TPSA) is 45.8 Å². The zero-order valence-electron chi connectivity index (χ0n) is 7.50. The summed E-state index contributed by atoms with van der Waals surface area (Å²) < 4.78 is 12.9. The van der Waals surface area contributed by atoms with E-state index in [9.17, 15) is 9.18 Å². The van der Waals surface area contributed by atoms with E-state index in [-0.39, 0.29) is 10.6 Å². The molecule has 0 radical (unpaired) electrons. The summed E-state index contributed by atoms with van der Waals surface area (Å²) in [6, 6.07) is 4.20. The van der Waals surface area contributed by atoms with E-state index in [0.29, 0.717) is 11.3 Å². The molecule has 0 aliphatic heterocycles. The van der Waals surface area contributed by atoms with Crippen LogP contribution in [0.5, 0.6) is 0 Å². The van der Waals surface area contributed by atoms with Crippen LogP contribution in [0.4, 0.5) is 4.39 Å². The third-order valence-electron chi connectivity index (χ3n) is 1.88. The molecule has 2 aromatic rings. The molecule has 1 aromatic carbocycles. The number of aromatic amines is 1. The van der Waals surface area contributed by atoms with Gasteiger partial charge in [0.2, 0.25) is 0 Å². The van der Waals surface area contributed by atoms with Gasteiger partial charge in [0.25, 0.3) is 5.56 Å². The SMILES string of the molecule is O=c1cncc(-c2ccc(F)c(Cl)c2)[nH]1. The molecule has 5 heteroatoms. The third kappa shape index (κ3) is 2.05. The third-order valence-corrected chi connectivity index (χ3v) is 2.17. The minimum atomic E-state index is -0.494. The summed E-state index contributed by atoms with van der Waals surface area (Å²) >= 11 is 5.62.